The summed E-state index contributed by atoms with van der Waals surface area (Å²) >= 11 is 0. The minimum atomic E-state index is -4.54. The quantitative estimate of drug-likeness (QED) is 0.342. The molecule has 0 aliphatic rings. The lowest BCUT2D eigenvalue weighted by Gasteiger charge is -2.33. The lowest BCUT2D eigenvalue weighted by molar-refractivity contribution is 0.0668. The van der Waals surface area contributed by atoms with Gasteiger partial charge in [0.25, 0.3) is 10.1 Å². The molecule has 17 heavy (non-hydrogen) atoms. The van der Waals surface area contributed by atoms with Gasteiger partial charge in [-0.15, -0.1) is 0 Å². The summed E-state index contributed by atoms with van der Waals surface area (Å²) in [6, 6.07) is 0. The van der Waals surface area contributed by atoms with E-state index in [1.165, 1.54) is 0 Å². The fourth-order valence-electron chi connectivity index (χ4n) is 1.55. The van der Waals surface area contributed by atoms with Gasteiger partial charge in [0, 0.05) is 6.54 Å². The van der Waals surface area contributed by atoms with Crippen LogP contribution in [0.4, 0.5) is 0 Å². The third kappa shape index (κ3) is 5.75. The molecule has 0 heterocycles. The molecular formula is C9H21NO6S. The molecule has 0 saturated heterocycles. The first-order chi connectivity index (χ1) is 7.67. The minimum Gasteiger partial charge on any atom is -0.394 e. The Hall–Kier alpha value is -0.250. The zero-order valence-corrected chi connectivity index (χ0v) is 10.8. The highest BCUT2D eigenvalue weighted by Gasteiger charge is 2.31. The molecule has 0 fully saturated rings. The summed E-state index contributed by atoms with van der Waals surface area (Å²) in [7, 11) is -4.54. The molecule has 8 heteroatoms. The van der Waals surface area contributed by atoms with Crippen molar-refractivity contribution >= 4 is 10.1 Å². The largest absolute Gasteiger partial charge is 0.394 e. The molecule has 0 aliphatic heterocycles. The minimum absolute atomic E-state index is 0.157. The Labute approximate surface area is 101 Å². The van der Waals surface area contributed by atoms with Crippen LogP contribution in [0.1, 0.15) is 20.3 Å². The van der Waals surface area contributed by atoms with Gasteiger partial charge in [0.2, 0.25) is 0 Å². The van der Waals surface area contributed by atoms with Crippen LogP contribution in [0.15, 0.2) is 0 Å². The highest BCUT2D eigenvalue weighted by atomic mass is 32.2. The topological polar surface area (TPSA) is 127 Å². The first-order valence-electron chi connectivity index (χ1n) is 5.28. The number of nitrogens with one attached hydrogen (secondary N) is 1. The molecule has 1 unspecified atom stereocenters. The number of β-amino-alcohol motifs (C(OH)–C–C–N with tert-alkyl or cyclic N) is 1. The number of aliphatic hydroxyl groups is 3. The number of rotatable bonds is 8. The van der Waals surface area contributed by atoms with Gasteiger partial charge in [-0.05, 0) is 12.3 Å². The molecule has 0 aromatic carbocycles. The fourth-order valence-corrected chi connectivity index (χ4v) is 1.85. The second-order valence-corrected chi connectivity index (χ2v) is 6.12. The van der Waals surface area contributed by atoms with E-state index in [0.717, 1.165) is 0 Å². The normalized spacial score (nSPS) is 15.2. The first-order valence-corrected chi connectivity index (χ1v) is 6.78. The summed E-state index contributed by atoms with van der Waals surface area (Å²) in [6.07, 6.45) is 0.401. The molecular weight excluding hydrogens is 250 g/mol. The Morgan fingerprint density at radius 2 is 1.71 bits per heavy atom. The molecule has 0 rings (SSSR count). The van der Waals surface area contributed by atoms with Crippen molar-refractivity contribution in [1.29, 1.82) is 0 Å². The van der Waals surface area contributed by atoms with Gasteiger partial charge >= 0.3 is 0 Å². The van der Waals surface area contributed by atoms with Crippen LogP contribution in [0.25, 0.3) is 0 Å². The fraction of sp³-hybridized carbons (Fsp3) is 1.00. The van der Waals surface area contributed by atoms with Gasteiger partial charge in [-0.3, -0.25) is 4.55 Å². The third-order valence-electron chi connectivity index (χ3n) is 2.40. The smallest absolute Gasteiger partial charge is 0.293 e. The van der Waals surface area contributed by atoms with Crippen molar-refractivity contribution in [3.05, 3.63) is 0 Å². The average Bonchev–Trinajstić information content (AvgIpc) is 2.22. The maximum absolute atomic E-state index is 10.6. The van der Waals surface area contributed by atoms with Crippen LogP contribution in [-0.4, -0.2) is 59.0 Å². The monoisotopic (exact) mass is 271 g/mol. The van der Waals surface area contributed by atoms with Crippen LogP contribution in [-0.2, 0) is 10.1 Å². The molecule has 0 amide bonds. The first kappa shape index (κ1) is 16.8. The number of hydrogen-bond donors (Lipinski definition) is 5. The van der Waals surface area contributed by atoms with Gasteiger partial charge in [-0.25, -0.2) is 0 Å². The average molecular weight is 271 g/mol. The summed E-state index contributed by atoms with van der Waals surface area (Å²) in [5.74, 6) is 0.157. The molecule has 1 atom stereocenters. The van der Waals surface area contributed by atoms with E-state index >= 15 is 0 Å². The maximum Gasteiger partial charge on any atom is 0.293 e. The standard InChI is InChI=1S/C9H21NO6S/c1-7(2)3-9(5-11,6-12)10-4-8(13)17(14,15)16/h7-8,10-13H,3-6H2,1-2H3,(H,14,15,16). The van der Waals surface area contributed by atoms with E-state index < -0.39 is 40.9 Å². The Morgan fingerprint density at radius 1 is 1.24 bits per heavy atom. The molecule has 0 bridgehead atoms. The lowest BCUT2D eigenvalue weighted by Crippen LogP contribution is -2.55. The molecule has 5 N–H and O–H groups in total. The number of aliphatic hydroxyl groups excluding tert-OH is 3. The van der Waals surface area contributed by atoms with E-state index in [0.29, 0.717) is 6.42 Å². The molecule has 7 nitrogen and oxygen atoms in total. The van der Waals surface area contributed by atoms with Crippen molar-refractivity contribution in [2.45, 2.75) is 31.2 Å². The Morgan fingerprint density at radius 3 is 2.00 bits per heavy atom. The summed E-state index contributed by atoms with van der Waals surface area (Å²) < 4.78 is 29.7. The van der Waals surface area contributed by atoms with Crippen LogP contribution in [0.3, 0.4) is 0 Å². The summed E-state index contributed by atoms with van der Waals surface area (Å²) in [4.78, 5) is 0. The Bertz CT molecular complexity index is 311. The van der Waals surface area contributed by atoms with Crippen LogP contribution >= 0.6 is 0 Å². The van der Waals surface area contributed by atoms with Gasteiger partial charge < -0.3 is 20.6 Å². The molecule has 0 aromatic heterocycles. The lowest BCUT2D eigenvalue weighted by atomic mass is 9.90. The van der Waals surface area contributed by atoms with E-state index in [1.54, 1.807) is 0 Å². The van der Waals surface area contributed by atoms with E-state index in [9.17, 15) is 18.6 Å². The summed E-state index contributed by atoms with van der Waals surface area (Å²) in [6.45, 7) is 2.48. The highest BCUT2D eigenvalue weighted by Crippen LogP contribution is 2.16. The molecule has 104 valence electrons. The van der Waals surface area contributed by atoms with Crippen LogP contribution in [0.5, 0.6) is 0 Å². The van der Waals surface area contributed by atoms with Crippen molar-refractivity contribution in [3.8, 4) is 0 Å². The van der Waals surface area contributed by atoms with Crippen LogP contribution < -0.4 is 5.32 Å². The Balaban J connectivity index is 4.56. The summed E-state index contributed by atoms with van der Waals surface area (Å²) in [5.41, 5.74) is -3.05. The molecule has 0 radical (unpaired) electrons. The molecule has 0 aliphatic carbocycles. The van der Waals surface area contributed by atoms with Gasteiger partial charge in [0.05, 0.1) is 18.8 Å². The predicted octanol–water partition coefficient (Wildman–Crippen LogP) is -1.45. The maximum atomic E-state index is 10.6. The van der Waals surface area contributed by atoms with Gasteiger partial charge in [0.1, 0.15) is 0 Å². The predicted molar refractivity (Wildman–Crippen MR) is 61.9 cm³/mol. The van der Waals surface area contributed by atoms with Gasteiger partial charge in [-0.1, -0.05) is 13.8 Å². The van der Waals surface area contributed by atoms with Crippen molar-refractivity contribution in [1.82, 2.24) is 5.32 Å². The Kier molecular flexibility index (Phi) is 6.52. The van der Waals surface area contributed by atoms with E-state index in [4.69, 9.17) is 9.66 Å². The van der Waals surface area contributed by atoms with Gasteiger partial charge in [0.15, 0.2) is 5.44 Å². The second kappa shape index (κ2) is 6.62. The molecule has 0 aromatic rings. The summed E-state index contributed by atoms with van der Waals surface area (Å²) in [5, 5.41) is 30.1. The third-order valence-corrected chi connectivity index (χ3v) is 3.25. The van der Waals surface area contributed by atoms with E-state index in [1.807, 2.05) is 13.8 Å². The molecule has 0 spiro atoms. The zero-order valence-electron chi connectivity index (χ0n) is 10.00. The van der Waals surface area contributed by atoms with Crippen molar-refractivity contribution < 1.29 is 28.3 Å². The van der Waals surface area contributed by atoms with E-state index in [-0.39, 0.29) is 5.92 Å². The van der Waals surface area contributed by atoms with Crippen LogP contribution in [0.2, 0.25) is 0 Å². The van der Waals surface area contributed by atoms with E-state index in [2.05, 4.69) is 5.32 Å². The SMILES string of the molecule is CC(C)CC(CO)(CO)NCC(O)S(=O)(=O)O. The highest BCUT2D eigenvalue weighted by molar-refractivity contribution is 7.86. The van der Waals surface area contributed by atoms with Gasteiger partial charge in [-0.2, -0.15) is 8.42 Å². The van der Waals surface area contributed by atoms with Crippen molar-refractivity contribution in [3.63, 3.8) is 0 Å². The number of hydrogen-bond acceptors (Lipinski definition) is 6. The molecule has 0 saturated carbocycles. The zero-order chi connectivity index (χ0) is 13.7. The van der Waals surface area contributed by atoms with Crippen molar-refractivity contribution in [2.75, 3.05) is 19.8 Å². The van der Waals surface area contributed by atoms with Crippen LogP contribution in [0, 0.1) is 5.92 Å². The van der Waals surface area contributed by atoms with Crippen molar-refractivity contribution in [2.24, 2.45) is 5.92 Å². The second-order valence-electron chi connectivity index (χ2n) is 4.55.